The summed E-state index contributed by atoms with van der Waals surface area (Å²) >= 11 is 0. The van der Waals surface area contributed by atoms with Gasteiger partial charge in [-0.2, -0.15) is 0 Å². The smallest absolute Gasteiger partial charge is 0.307 e. The van der Waals surface area contributed by atoms with E-state index in [9.17, 15) is 9.59 Å². The second-order valence-corrected chi connectivity index (χ2v) is 6.78. The number of rotatable bonds is 6. The van der Waals surface area contributed by atoms with Crippen LogP contribution in [-0.2, 0) is 20.9 Å². The predicted molar refractivity (Wildman–Crippen MR) is 111 cm³/mol. The van der Waals surface area contributed by atoms with Crippen LogP contribution in [-0.4, -0.2) is 25.0 Å². The molecular weight excluding hydrogens is 366 g/mol. The van der Waals surface area contributed by atoms with Crippen LogP contribution < -0.4 is 9.64 Å². The SMILES string of the molecule is O=C(CCN1C(=O)COc2ccccc21)OCc1ccc(-c2ccccc2)cc1. The summed E-state index contributed by atoms with van der Waals surface area (Å²) in [5.74, 6) is 0.154. The van der Waals surface area contributed by atoms with Crippen molar-refractivity contribution in [3.8, 4) is 16.9 Å². The van der Waals surface area contributed by atoms with E-state index in [0.717, 1.165) is 16.7 Å². The molecule has 0 unspecified atom stereocenters. The van der Waals surface area contributed by atoms with Crippen LogP contribution in [0, 0.1) is 0 Å². The number of para-hydroxylation sites is 2. The molecule has 1 amide bonds. The van der Waals surface area contributed by atoms with Gasteiger partial charge in [-0.05, 0) is 28.8 Å². The number of carbonyl (C=O) groups excluding carboxylic acids is 2. The minimum Gasteiger partial charge on any atom is -0.482 e. The van der Waals surface area contributed by atoms with Crippen molar-refractivity contribution in [2.75, 3.05) is 18.1 Å². The van der Waals surface area contributed by atoms with Crippen molar-refractivity contribution < 1.29 is 19.1 Å². The number of esters is 1. The molecule has 3 aromatic carbocycles. The largest absolute Gasteiger partial charge is 0.482 e. The first-order valence-electron chi connectivity index (χ1n) is 9.53. The van der Waals surface area contributed by atoms with E-state index in [2.05, 4.69) is 12.1 Å². The molecule has 0 spiro atoms. The van der Waals surface area contributed by atoms with E-state index in [4.69, 9.17) is 9.47 Å². The average molecular weight is 387 g/mol. The van der Waals surface area contributed by atoms with Gasteiger partial charge in [0.2, 0.25) is 0 Å². The summed E-state index contributed by atoms with van der Waals surface area (Å²) in [6.07, 6.45) is 0.127. The zero-order chi connectivity index (χ0) is 20.1. The van der Waals surface area contributed by atoms with Gasteiger partial charge in [0.1, 0.15) is 12.4 Å². The predicted octanol–water partition coefficient (Wildman–Crippen LogP) is 4.21. The van der Waals surface area contributed by atoms with Crippen LogP contribution in [0.2, 0.25) is 0 Å². The van der Waals surface area contributed by atoms with Gasteiger partial charge in [0.15, 0.2) is 6.61 Å². The van der Waals surface area contributed by atoms with Crippen molar-refractivity contribution in [1.82, 2.24) is 0 Å². The van der Waals surface area contributed by atoms with Crippen molar-refractivity contribution >= 4 is 17.6 Å². The monoisotopic (exact) mass is 387 g/mol. The number of anilines is 1. The number of benzene rings is 3. The minimum atomic E-state index is -0.339. The van der Waals surface area contributed by atoms with E-state index < -0.39 is 0 Å². The van der Waals surface area contributed by atoms with Crippen molar-refractivity contribution in [3.05, 3.63) is 84.4 Å². The zero-order valence-corrected chi connectivity index (χ0v) is 15.9. The van der Waals surface area contributed by atoms with Gasteiger partial charge in [-0.15, -0.1) is 0 Å². The molecule has 1 aliphatic heterocycles. The fourth-order valence-corrected chi connectivity index (χ4v) is 3.26. The molecule has 4 rings (SSSR count). The van der Waals surface area contributed by atoms with E-state index in [1.807, 2.05) is 66.7 Å². The Morgan fingerprint density at radius 1 is 0.897 bits per heavy atom. The fraction of sp³-hybridized carbons (Fsp3) is 0.167. The molecule has 0 saturated heterocycles. The molecule has 5 nitrogen and oxygen atoms in total. The Morgan fingerprint density at radius 2 is 1.59 bits per heavy atom. The van der Waals surface area contributed by atoms with E-state index in [-0.39, 0.29) is 38.1 Å². The lowest BCUT2D eigenvalue weighted by Gasteiger charge is -2.28. The Kier molecular flexibility index (Phi) is 5.56. The van der Waals surface area contributed by atoms with Crippen LogP contribution in [0.3, 0.4) is 0 Å². The molecule has 0 N–H and O–H groups in total. The van der Waals surface area contributed by atoms with Gasteiger partial charge in [-0.25, -0.2) is 0 Å². The Balaban J connectivity index is 1.30. The summed E-state index contributed by atoms with van der Waals surface area (Å²) in [5, 5.41) is 0. The average Bonchev–Trinajstić information content (AvgIpc) is 2.78. The number of fused-ring (bicyclic) bond motifs is 1. The number of hydrogen-bond donors (Lipinski definition) is 0. The Bertz CT molecular complexity index is 999. The number of carbonyl (C=O) groups is 2. The molecule has 0 saturated carbocycles. The van der Waals surface area contributed by atoms with Gasteiger partial charge in [0.25, 0.3) is 5.91 Å². The quantitative estimate of drug-likeness (QED) is 0.595. The van der Waals surface area contributed by atoms with Crippen LogP contribution in [0.1, 0.15) is 12.0 Å². The van der Waals surface area contributed by atoms with Crippen molar-refractivity contribution in [2.24, 2.45) is 0 Å². The molecule has 0 bridgehead atoms. The van der Waals surface area contributed by atoms with Gasteiger partial charge in [0.05, 0.1) is 12.1 Å². The second-order valence-electron chi connectivity index (χ2n) is 6.78. The van der Waals surface area contributed by atoms with Gasteiger partial charge >= 0.3 is 5.97 Å². The molecule has 1 aliphatic rings. The third-order valence-corrected chi connectivity index (χ3v) is 4.81. The molecule has 5 heteroatoms. The van der Waals surface area contributed by atoms with E-state index in [1.165, 1.54) is 0 Å². The third-order valence-electron chi connectivity index (χ3n) is 4.81. The zero-order valence-electron chi connectivity index (χ0n) is 15.9. The molecule has 3 aromatic rings. The van der Waals surface area contributed by atoms with Crippen LogP contribution >= 0.6 is 0 Å². The van der Waals surface area contributed by atoms with Crippen molar-refractivity contribution in [2.45, 2.75) is 13.0 Å². The number of nitrogens with zero attached hydrogens (tertiary/aromatic N) is 1. The van der Waals surface area contributed by atoms with Crippen LogP contribution in [0.5, 0.6) is 5.75 Å². The Hall–Kier alpha value is -3.60. The normalized spacial score (nSPS) is 12.8. The maximum Gasteiger partial charge on any atom is 0.307 e. The second kappa shape index (κ2) is 8.61. The molecule has 0 atom stereocenters. The lowest BCUT2D eigenvalue weighted by atomic mass is 10.0. The number of ether oxygens (including phenoxy) is 2. The molecule has 0 aromatic heterocycles. The van der Waals surface area contributed by atoms with Crippen LogP contribution in [0.4, 0.5) is 5.69 Å². The van der Waals surface area contributed by atoms with Gasteiger partial charge in [-0.1, -0.05) is 66.7 Å². The first-order chi connectivity index (χ1) is 14.2. The molecule has 29 heavy (non-hydrogen) atoms. The highest BCUT2D eigenvalue weighted by molar-refractivity contribution is 5.98. The van der Waals surface area contributed by atoms with E-state index >= 15 is 0 Å². The standard InChI is InChI=1S/C24H21NO4/c26-23-17-28-22-9-5-4-8-21(22)25(23)15-14-24(27)29-16-18-10-12-20(13-11-18)19-6-2-1-3-7-19/h1-13H,14-17H2. The van der Waals surface area contributed by atoms with Gasteiger partial charge in [0, 0.05) is 6.54 Å². The summed E-state index contributed by atoms with van der Waals surface area (Å²) in [5.41, 5.74) is 3.87. The van der Waals surface area contributed by atoms with Gasteiger partial charge in [-0.3, -0.25) is 9.59 Å². The van der Waals surface area contributed by atoms with Crippen molar-refractivity contribution in [1.29, 1.82) is 0 Å². The number of hydrogen-bond acceptors (Lipinski definition) is 4. The first kappa shape index (κ1) is 18.7. The van der Waals surface area contributed by atoms with E-state index in [1.54, 1.807) is 4.90 Å². The molecule has 0 fully saturated rings. The number of amides is 1. The highest BCUT2D eigenvalue weighted by Gasteiger charge is 2.25. The fourth-order valence-electron chi connectivity index (χ4n) is 3.26. The lowest BCUT2D eigenvalue weighted by Crippen LogP contribution is -2.40. The summed E-state index contributed by atoms with van der Waals surface area (Å²) in [4.78, 5) is 25.9. The third kappa shape index (κ3) is 4.46. The maximum absolute atomic E-state index is 12.2. The van der Waals surface area contributed by atoms with Crippen LogP contribution in [0.15, 0.2) is 78.9 Å². The maximum atomic E-state index is 12.2. The summed E-state index contributed by atoms with van der Waals surface area (Å²) in [6, 6.07) is 25.4. The summed E-state index contributed by atoms with van der Waals surface area (Å²) in [7, 11) is 0. The Labute approximate surface area is 169 Å². The van der Waals surface area contributed by atoms with Crippen molar-refractivity contribution in [3.63, 3.8) is 0 Å². The molecule has 0 aliphatic carbocycles. The van der Waals surface area contributed by atoms with Crippen LogP contribution in [0.25, 0.3) is 11.1 Å². The highest BCUT2D eigenvalue weighted by Crippen LogP contribution is 2.31. The summed E-state index contributed by atoms with van der Waals surface area (Å²) in [6.45, 7) is 0.465. The van der Waals surface area contributed by atoms with Gasteiger partial charge < -0.3 is 14.4 Å². The summed E-state index contributed by atoms with van der Waals surface area (Å²) < 4.78 is 10.8. The first-order valence-corrected chi connectivity index (χ1v) is 9.53. The highest BCUT2D eigenvalue weighted by atomic mass is 16.5. The lowest BCUT2D eigenvalue weighted by molar-refractivity contribution is -0.144. The topological polar surface area (TPSA) is 55.8 Å². The molecular formula is C24H21NO4. The molecule has 1 heterocycles. The Morgan fingerprint density at radius 3 is 2.38 bits per heavy atom. The molecule has 146 valence electrons. The van der Waals surface area contributed by atoms with E-state index in [0.29, 0.717) is 11.4 Å². The minimum absolute atomic E-state index is 0.0141. The molecule has 0 radical (unpaired) electrons.